The van der Waals surface area contributed by atoms with Crippen LogP contribution < -0.4 is 5.32 Å². The molecule has 0 radical (unpaired) electrons. The van der Waals surface area contributed by atoms with E-state index in [2.05, 4.69) is 10.5 Å². The number of hydrogen-bond acceptors (Lipinski definition) is 5. The zero-order valence-electron chi connectivity index (χ0n) is 11.8. The number of amides is 1. The van der Waals surface area contributed by atoms with Gasteiger partial charge in [0.15, 0.2) is 5.76 Å². The summed E-state index contributed by atoms with van der Waals surface area (Å²) in [5.41, 5.74) is 1.01. The Kier molecular flexibility index (Phi) is 5.54. The fourth-order valence-electron chi connectivity index (χ4n) is 1.66. The Balaban J connectivity index is 2.59. The van der Waals surface area contributed by atoms with E-state index in [0.29, 0.717) is 23.6 Å². The van der Waals surface area contributed by atoms with Crippen molar-refractivity contribution in [1.82, 2.24) is 10.5 Å². The first-order chi connectivity index (χ1) is 8.97. The fourth-order valence-corrected chi connectivity index (χ4v) is 1.66. The Morgan fingerprint density at radius 1 is 1.42 bits per heavy atom. The number of ether oxygens (including phenoxy) is 1. The molecule has 1 aromatic heterocycles. The predicted octanol–water partition coefficient (Wildman–Crippen LogP) is 1.79. The number of aromatic nitrogens is 1. The van der Waals surface area contributed by atoms with Gasteiger partial charge in [-0.05, 0) is 13.8 Å². The number of rotatable bonds is 6. The molecular weight excluding hydrogens is 248 g/mol. The number of carbonyl (C=O) groups is 2. The molecule has 6 heteroatoms. The number of esters is 1. The van der Waals surface area contributed by atoms with Gasteiger partial charge in [-0.1, -0.05) is 19.0 Å². The van der Waals surface area contributed by atoms with E-state index in [0.717, 1.165) is 0 Å². The summed E-state index contributed by atoms with van der Waals surface area (Å²) in [5.74, 6) is 0.0406. The largest absolute Gasteiger partial charge is 0.466 e. The van der Waals surface area contributed by atoms with E-state index in [4.69, 9.17) is 9.26 Å². The Labute approximate surface area is 112 Å². The van der Waals surface area contributed by atoms with Gasteiger partial charge in [0.2, 0.25) is 0 Å². The second-order valence-electron chi connectivity index (χ2n) is 4.47. The van der Waals surface area contributed by atoms with Crippen LogP contribution in [0.15, 0.2) is 4.52 Å². The Hall–Kier alpha value is -1.85. The number of nitrogens with one attached hydrogen (secondary N) is 1. The van der Waals surface area contributed by atoms with Gasteiger partial charge in [-0.3, -0.25) is 9.59 Å². The molecular formula is C13H20N2O4. The highest BCUT2D eigenvalue weighted by molar-refractivity contribution is 5.96. The molecule has 1 N–H and O–H groups in total. The zero-order valence-corrected chi connectivity index (χ0v) is 11.8. The minimum atomic E-state index is -0.325. The van der Waals surface area contributed by atoms with E-state index in [1.54, 1.807) is 13.8 Å². The van der Waals surface area contributed by atoms with Gasteiger partial charge in [0.05, 0.1) is 18.7 Å². The van der Waals surface area contributed by atoms with Crippen LogP contribution in [-0.4, -0.2) is 30.2 Å². The van der Waals surface area contributed by atoms with Crippen molar-refractivity contribution in [3.8, 4) is 0 Å². The van der Waals surface area contributed by atoms with Gasteiger partial charge in [0.1, 0.15) is 5.56 Å². The van der Waals surface area contributed by atoms with Crippen LogP contribution in [0.3, 0.4) is 0 Å². The first kappa shape index (κ1) is 15.2. The van der Waals surface area contributed by atoms with E-state index in [-0.39, 0.29) is 30.8 Å². The topological polar surface area (TPSA) is 81.4 Å². The van der Waals surface area contributed by atoms with Crippen LogP contribution in [0.4, 0.5) is 0 Å². The lowest BCUT2D eigenvalue weighted by molar-refractivity contribution is -0.142. The second kappa shape index (κ2) is 6.92. The minimum Gasteiger partial charge on any atom is -0.466 e. The van der Waals surface area contributed by atoms with Crippen molar-refractivity contribution < 1.29 is 18.8 Å². The Bertz CT molecular complexity index is 451. The van der Waals surface area contributed by atoms with Crippen molar-refractivity contribution in [3.05, 3.63) is 17.0 Å². The third-order valence-electron chi connectivity index (χ3n) is 2.56. The predicted molar refractivity (Wildman–Crippen MR) is 68.9 cm³/mol. The van der Waals surface area contributed by atoms with E-state index < -0.39 is 0 Å². The maximum Gasteiger partial charge on any atom is 0.307 e. The van der Waals surface area contributed by atoms with Gasteiger partial charge in [0.25, 0.3) is 5.91 Å². The molecule has 0 unspecified atom stereocenters. The standard InChI is InChI=1S/C13H20N2O4/c1-5-18-10(16)6-7-14-13(17)11-9(4)15-19-12(11)8(2)3/h8H,5-7H2,1-4H3,(H,14,17). The van der Waals surface area contributed by atoms with E-state index in [1.165, 1.54) is 0 Å². The van der Waals surface area contributed by atoms with Crippen molar-refractivity contribution in [3.63, 3.8) is 0 Å². The smallest absolute Gasteiger partial charge is 0.307 e. The summed E-state index contributed by atoms with van der Waals surface area (Å²) in [5, 5.41) is 6.47. The molecule has 0 spiro atoms. The highest BCUT2D eigenvalue weighted by atomic mass is 16.5. The average molecular weight is 268 g/mol. The second-order valence-corrected chi connectivity index (χ2v) is 4.47. The highest BCUT2D eigenvalue weighted by Gasteiger charge is 2.22. The van der Waals surface area contributed by atoms with Crippen molar-refractivity contribution in [1.29, 1.82) is 0 Å². The third-order valence-corrected chi connectivity index (χ3v) is 2.56. The number of carbonyl (C=O) groups excluding carboxylic acids is 2. The zero-order chi connectivity index (χ0) is 14.4. The first-order valence-corrected chi connectivity index (χ1v) is 6.37. The van der Waals surface area contributed by atoms with Gasteiger partial charge < -0.3 is 14.6 Å². The Morgan fingerprint density at radius 2 is 2.11 bits per heavy atom. The van der Waals surface area contributed by atoms with Gasteiger partial charge in [-0.25, -0.2) is 0 Å². The summed E-state index contributed by atoms with van der Waals surface area (Å²) in [6, 6.07) is 0. The lowest BCUT2D eigenvalue weighted by Gasteiger charge is -2.06. The van der Waals surface area contributed by atoms with Crippen LogP contribution in [0.25, 0.3) is 0 Å². The molecule has 19 heavy (non-hydrogen) atoms. The normalized spacial score (nSPS) is 10.6. The lowest BCUT2D eigenvalue weighted by Crippen LogP contribution is -2.27. The molecule has 6 nitrogen and oxygen atoms in total. The lowest BCUT2D eigenvalue weighted by atomic mass is 10.0. The van der Waals surface area contributed by atoms with Gasteiger partial charge in [-0.15, -0.1) is 0 Å². The molecule has 1 heterocycles. The highest BCUT2D eigenvalue weighted by Crippen LogP contribution is 2.21. The summed E-state index contributed by atoms with van der Waals surface area (Å²) >= 11 is 0. The maximum atomic E-state index is 12.0. The summed E-state index contributed by atoms with van der Waals surface area (Å²) < 4.78 is 9.92. The molecule has 0 aliphatic heterocycles. The van der Waals surface area contributed by atoms with E-state index in [1.807, 2.05) is 13.8 Å². The van der Waals surface area contributed by atoms with Crippen LogP contribution in [0.1, 0.15) is 54.9 Å². The monoisotopic (exact) mass is 268 g/mol. The van der Waals surface area contributed by atoms with Gasteiger partial charge in [0, 0.05) is 12.5 Å². The van der Waals surface area contributed by atoms with Crippen LogP contribution in [0.5, 0.6) is 0 Å². The molecule has 0 saturated carbocycles. The third kappa shape index (κ3) is 4.08. The maximum absolute atomic E-state index is 12.0. The summed E-state index contributed by atoms with van der Waals surface area (Å²) in [6.07, 6.45) is 0.154. The van der Waals surface area contributed by atoms with Crippen LogP contribution in [0.2, 0.25) is 0 Å². The van der Waals surface area contributed by atoms with Crippen molar-refractivity contribution in [2.24, 2.45) is 0 Å². The summed E-state index contributed by atoms with van der Waals surface area (Å²) in [7, 11) is 0. The number of aryl methyl sites for hydroxylation is 1. The molecule has 0 fully saturated rings. The quantitative estimate of drug-likeness (QED) is 0.795. The minimum absolute atomic E-state index is 0.0759. The molecule has 0 bridgehead atoms. The molecule has 0 atom stereocenters. The fraction of sp³-hybridized carbons (Fsp3) is 0.615. The molecule has 1 amide bonds. The SMILES string of the molecule is CCOC(=O)CCNC(=O)c1c(C)noc1C(C)C. The molecule has 0 saturated heterocycles. The molecule has 0 aliphatic carbocycles. The molecule has 0 aromatic carbocycles. The Morgan fingerprint density at radius 3 is 2.68 bits per heavy atom. The summed E-state index contributed by atoms with van der Waals surface area (Å²) in [4.78, 5) is 23.2. The van der Waals surface area contributed by atoms with Crippen LogP contribution >= 0.6 is 0 Å². The van der Waals surface area contributed by atoms with E-state index >= 15 is 0 Å². The first-order valence-electron chi connectivity index (χ1n) is 6.37. The van der Waals surface area contributed by atoms with Crippen molar-refractivity contribution in [2.45, 2.75) is 40.0 Å². The average Bonchev–Trinajstić information content (AvgIpc) is 2.71. The van der Waals surface area contributed by atoms with E-state index in [9.17, 15) is 9.59 Å². The van der Waals surface area contributed by atoms with Crippen molar-refractivity contribution >= 4 is 11.9 Å². The van der Waals surface area contributed by atoms with Crippen LogP contribution in [0, 0.1) is 6.92 Å². The molecule has 0 aliphatic rings. The van der Waals surface area contributed by atoms with Gasteiger partial charge in [-0.2, -0.15) is 0 Å². The number of nitrogens with zero attached hydrogens (tertiary/aromatic N) is 1. The molecule has 1 aromatic rings. The molecule has 106 valence electrons. The van der Waals surface area contributed by atoms with Gasteiger partial charge >= 0.3 is 5.97 Å². The van der Waals surface area contributed by atoms with Crippen molar-refractivity contribution in [2.75, 3.05) is 13.2 Å². The molecule has 1 rings (SSSR count). The van der Waals surface area contributed by atoms with Crippen LogP contribution in [-0.2, 0) is 9.53 Å². The summed E-state index contributed by atoms with van der Waals surface area (Å²) in [6.45, 7) is 7.89. The number of hydrogen-bond donors (Lipinski definition) is 1.